The van der Waals surface area contributed by atoms with Crippen molar-refractivity contribution in [2.75, 3.05) is 0 Å². The lowest BCUT2D eigenvalue weighted by Gasteiger charge is -2.15. The molecule has 0 saturated heterocycles. The third kappa shape index (κ3) is 4.18. The van der Waals surface area contributed by atoms with E-state index in [1.54, 1.807) is 24.4 Å². The third-order valence-corrected chi connectivity index (χ3v) is 6.02. The summed E-state index contributed by atoms with van der Waals surface area (Å²) in [7, 11) is -3.73. The van der Waals surface area contributed by atoms with E-state index in [9.17, 15) is 8.42 Å². The maximum Gasteiger partial charge on any atom is 0.240 e. The molecule has 1 aliphatic carbocycles. The van der Waals surface area contributed by atoms with Gasteiger partial charge in [0.05, 0.1) is 10.6 Å². The van der Waals surface area contributed by atoms with Crippen LogP contribution in [0.4, 0.5) is 0 Å². The molecular formula is C18H20N6O3S. The lowest BCUT2D eigenvalue weighted by Crippen LogP contribution is -2.24. The van der Waals surface area contributed by atoms with Crippen molar-refractivity contribution in [3.05, 3.63) is 54.5 Å². The Morgan fingerprint density at radius 3 is 2.82 bits per heavy atom. The van der Waals surface area contributed by atoms with E-state index in [-0.39, 0.29) is 17.5 Å². The number of tetrazole rings is 1. The summed E-state index contributed by atoms with van der Waals surface area (Å²) in [5, 5.41) is 10.9. The van der Waals surface area contributed by atoms with Gasteiger partial charge in [-0.05, 0) is 60.4 Å². The second-order valence-corrected chi connectivity index (χ2v) is 8.34. The lowest BCUT2D eigenvalue weighted by molar-refractivity contribution is 0.199. The molecule has 0 spiro atoms. The summed E-state index contributed by atoms with van der Waals surface area (Å²) < 4.78 is 35.5. The average molecular weight is 400 g/mol. The van der Waals surface area contributed by atoms with Crippen LogP contribution in [-0.4, -0.2) is 39.7 Å². The van der Waals surface area contributed by atoms with Gasteiger partial charge < -0.3 is 4.74 Å². The predicted octanol–water partition coefficient (Wildman–Crippen LogP) is 1.86. The van der Waals surface area contributed by atoms with Gasteiger partial charge in [-0.15, -0.1) is 5.10 Å². The summed E-state index contributed by atoms with van der Waals surface area (Å²) >= 11 is 0. The number of aromatic nitrogens is 5. The predicted molar refractivity (Wildman–Crippen MR) is 100 cm³/mol. The SMILES string of the molecule is O=S(=O)(NCc1cccnc1OC1CCCC1)c1cccc(-n2cnnn2)c1. The Balaban J connectivity index is 1.49. The molecule has 0 atom stereocenters. The van der Waals surface area contributed by atoms with Crippen molar-refractivity contribution in [3.8, 4) is 11.6 Å². The number of hydrogen-bond donors (Lipinski definition) is 1. The normalized spacial score (nSPS) is 15.0. The Hall–Kier alpha value is -2.85. The highest BCUT2D eigenvalue weighted by Crippen LogP contribution is 2.25. The summed E-state index contributed by atoms with van der Waals surface area (Å²) in [4.78, 5) is 4.41. The summed E-state index contributed by atoms with van der Waals surface area (Å²) in [6.07, 6.45) is 7.52. The van der Waals surface area contributed by atoms with Gasteiger partial charge in [0, 0.05) is 18.3 Å². The number of benzene rings is 1. The molecule has 0 aliphatic heterocycles. The quantitative estimate of drug-likeness (QED) is 0.644. The summed E-state index contributed by atoms with van der Waals surface area (Å²) in [5.41, 5.74) is 1.26. The molecular weight excluding hydrogens is 380 g/mol. The van der Waals surface area contributed by atoms with E-state index in [2.05, 4.69) is 25.2 Å². The second-order valence-electron chi connectivity index (χ2n) is 6.57. The van der Waals surface area contributed by atoms with Gasteiger partial charge >= 0.3 is 0 Å². The van der Waals surface area contributed by atoms with Crippen molar-refractivity contribution < 1.29 is 13.2 Å². The fourth-order valence-electron chi connectivity index (χ4n) is 3.16. The molecule has 0 radical (unpaired) electrons. The first-order valence-corrected chi connectivity index (χ1v) is 10.5. The number of ether oxygens (including phenoxy) is 1. The van der Waals surface area contributed by atoms with Crippen LogP contribution in [0, 0.1) is 0 Å². The minimum Gasteiger partial charge on any atom is -0.474 e. The number of nitrogens with zero attached hydrogens (tertiary/aromatic N) is 5. The van der Waals surface area contributed by atoms with Crippen molar-refractivity contribution in [2.24, 2.45) is 0 Å². The molecule has 1 aliphatic rings. The highest BCUT2D eigenvalue weighted by Gasteiger charge is 2.20. The zero-order chi connectivity index (χ0) is 19.4. The zero-order valence-electron chi connectivity index (χ0n) is 15.1. The Labute approximate surface area is 162 Å². The van der Waals surface area contributed by atoms with E-state index < -0.39 is 10.0 Å². The van der Waals surface area contributed by atoms with Crippen LogP contribution in [0.5, 0.6) is 5.88 Å². The smallest absolute Gasteiger partial charge is 0.240 e. The molecule has 1 N–H and O–H groups in total. The Morgan fingerprint density at radius 2 is 2.04 bits per heavy atom. The minimum atomic E-state index is -3.73. The van der Waals surface area contributed by atoms with E-state index in [4.69, 9.17) is 4.74 Å². The molecule has 28 heavy (non-hydrogen) atoms. The molecule has 10 heteroatoms. The Kier molecular flexibility index (Phi) is 5.31. The average Bonchev–Trinajstić information content (AvgIpc) is 3.42. The number of sulfonamides is 1. The number of rotatable bonds is 7. The molecule has 3 aromatic rings. The van der Waals surface area contributed by atoms with E-state index in [1.165, 1.54) is 23.1 Å². The molecule has 1 fully saturated rings. The minimum absolute atomic E-state index is 0.0906. The van der Waals surface area contributed by atoms with Crippen molar-refractivity contribution in [1.82, 2.24) is 29.9 Å². The van der Waals surface area contributed by atoms with Crippen LogP contribution >= 0.6 is 0 Å². The highest BCUT2D eigenvalue weighted by molar-refractivity contribution is 7.89. The topological polar surface area (TPSA) is 112 Å². The first kappa shape index (κ1) is 18.5. The maximum absolute atomic E-state index is 12.7. The molecule has 0 bridgehead atoms. The monoisotopic (exact) mass is 400 g/mol. The van der Waals surface area contributed by atoms with E-state index in [1.807, 2.05) is 6.07 Å². The number of nitrogens with one attached hydrogen (secondary N) is 1. The van der Waals surface area contributed by atoms with Crippen molar-refractivity contribution in [2.45, 2.75) is 43.2 Å². The second kappa shape index (κ2) is 8.03. The van der Waals surface area contributed by atoms with Crippen LogP contribution in [0.3, 0.4) is 0 Å². The van der Waals surface area contributed by atoms with Crippen molar-refractivity contribution in [1.29, 1.82) is 0 Å². The molecule has 1 saturated carbocycles. The standard InChI is InChI=1S/C18H20N6O3S/c25-28(26,17-9-3-6-15(11-17)24-13-20-22-23-24)21-12-14-5-4-10-19-18(14)27-16-7-1-2-8-16/h3-6,9-11,13,16,21H,1-2,7-8,12H2. The largest absolute Gasteiger partial charge is 0.474 e. The van der Waals surface area contributed by atoms with Crippen molar-refractivity contribution in [3.63, 3.8) is 0 Å². The van der Waals surface area contributed by atoms with Gasteiger partial charge in [-0.2, -0.15) is 0 Å². The first-order chi connectivity index (χ1) is 13.6. The van der Waals surface area contributed by atoms with Gasteiger partial charge in [0.2, 0.25) is 15.9 Å². The van der Waals surface area contributed by atoms with Gasteiger partial charge in [-0.3, -0.25) is 0 Å². The molecule has 4 rings (SSSR count). The zero-order valence-corrected chi connectivity index (χ0v) is 15.9. The van der Waals surface area contributed by atoms with Crippen LogP contribution in [-0.2, 0) is 16.6 Å². The number of pyridine rings is 1. The first-order valence-electron chi connectivity index (χ1n) is 9.05. The molecule has 2 heterocycles. The third-order valence-electron chi connectivity index (χ3n) is 4.62. The van der Waals surface area contributed by atoms with E-state index in [0.29, 0.717) is 17.1 Å². The van der Waals surface area contributed by atoms with Gasteiger partial charge in [-0.1, -0.05) is 12.1 Å². The van der Waals surface area contributed by atoms with Crippen LogP contribution in [0.1, 0.15) is 31.2 Å². The van der Waals surface area contributed by atoms with Crippen molar-refractivity contribution >= 4 is 10.0 Å². The molecule has 1 aromatic carbocycles. The Morgan fingerprint density at radius 1 is 1.18 bits per heavy atom. The van der Waals surface area contributed by atoms with Crippen LogP contribution in [0.15, 0.2) is 53.8 Å². The van der Waals surface area contributed by atoms with Gasteiger partial charge in [-0.25, -0.2) is 22.8 Å². The molecule has 9 nitrogen and oxygen atoms in total. The van der Waals surface area contributed by atoms with Gasteiger partial charge in [0.25, 0.3) is 0 Å². The van der Waals surface area contributed by atoms with Crippen LogP contribution in [0.2, 0.25) is 0 Å². The molecule has 2 aromatic heterocycles. The van der Waals surface area contributed by atoms with Crippen LogP contribution < -0.4 is 9.46 Å². The Bertz CT molecular complexity index is 1030. The summed E-state index contributed by atoms with van der Waals surface area (Å²) in [5.74, 6) is 0.486. The fourth-order valence-corrected chi connectivity index (χ4v) is 4.20. The highest BCUT2D eigenvalue weighted by atomic mass is 32.2. The summed E-state index contributed by atoms with van der Waals surface area (Å²) in [6.45, 7) is 0.0906. The maximum atomic E-state index is 12.7. The summed E-state index contributed by atoms with van der Waals surface area (Å²) in [6, 6.07) is 9.99. The molecule has 146 valence electrons. The lowest BCUT2D eigenvalue weighted by atomic mass is 10.2. The van der Waals surface area contributed by atoms with Crippen LogP contribution in [0.25, 0.3) is 5.69 Å². The van der Waals surface area contributed by atoms with Gasteiger partial charge in [0.15, 0.2) is 0 Å². The number of hydrogen-bond acceptors (Lipinski definition) is 7. The molecule has 0 amide bonds. The fraction of sp³-hybridized carbons (Fsp3) is 0.333. The van der Waals surface area contributed by atoms with Gasteiger partial charge in [0.1, 0.15) is 12.4 Å². The van der Waals surface area contributed by atoms with E-state index in [0.717, 1.165) is 25.7 Å². The van der Waals surface area contributed by atoms with E-state index >= 15 is 0 Å². The molecule has 0 unspecified atom stereocenters.